The van der Waals surface area contributed by atoms with Crippen LogP contribution in [0.15, 0.2) is 42.5 Å². The maximum Gasteiger partial charge on any atom is 0.264 e. The van der Waals surface area contributed by atoms with Crippen LogP contribution >= 0.6 is 0 Å². The lowest BCUT2D eigenvalue weighted by Gasteiger charge is -2.08. The first kappa shape index (κ1) is 16.9. The van der Waals surface area contributed by atoms with Crippen LogP contribution in [0.25, 0.3) is 0 Å². The zero-order chi connectivity index (χ0) is 17.0. The zero-order valence-corrected chi connectivity index (χ0v) is 12.9. The molecule has 0 saturated carbocycles. The number of amides is 1. The van der Waals surface area contributed by atoms with Gasteiger partial charge in [0.05, 0.1) is 6.26 Å². The maximum absolute atomic E-state index is 13.5. The lowest BCUT2D eigenvalue weighted by molar-refractivity contribution is 0.0981. The Morgan fingerprint density at radius 2 is 1.78 bits per heavy atom. The molecule has 0 fully saturated rings. The molecule has 23 heavy (non-hydrogen) atoms. The van der Waals surface area contributed by atoms with Gasteiger partial charge < -0.3 is 4.74 Å². The van der Waals surface area contributed by atoms with Crippen molar-refractivity contribution in [3.63, 3.8) is 0 Å². The summed E-state index contributed by atoms with van der Waals surface area (Å²) in [5.41, 5.74) is 0.320. The van der Waals surface area contributed by atoms with Gasteiger partial charge in [-0.3, -0.25) is 4.79 Å². The van der Waals surface area contributed by atoms with Crippen LogP contribution in [0, 0.1) is 11.6 Å². The normalized spacial score (nSPS) is 11.1. The highest BCUT2D eigenvalue weighted by atomic mass is 32.2. The third-order valence-corrected chi connectivity index (χ3v) is 3.36. The molecule has 0 aliphatic rings. The Morgan fingerprint density at radius 3 is 2.35 bits per heavy atom. The molecule has 0 heterocycles. The third kappa shape index (κ3) is 5.03. The van der Waals surface area contributed by atoms with Crippen LogP contribution in [0.4, 0.5) is 8.78 Å². The van der Waals surface area contributed by atoms with E-state index in [2.05, 4.69) is 0 Å². The Hall–Kier alpha value is -2.48. The fraction of sp³-hybridized carbons (Fsp3) is 0.133. The highest BCUT2D eigenvalue weighted by Crippen LogP contribution is 2.16. The predicted octanol–water partition coefficient (Wildman–Crippen LogP) is 2.23. The minimum absolute atomic E-state index is 0.110. The van der Waals surface area contributed by atoms with E-state index >= 15 is 0 Å². The Bertz CT molecular complexity index is 820. The lowest BCUT2D eigenvalue weighted by atomic mass is 10.2. The van der Waals surface area contributed by atoms with E-state index in [4.69, 9.17) is 4.74 Å². The first-order valence-corrected chi connectivity index (χ1v) is 8.32. The molecular formula is C15H13F2NO4S. The first-order chi connectivity index (χ1) is 10.7. The summed E-state index contributed by atoms with van der Waals surface area (Å²) in [4.78, 5) is 11.6. The minimum atomic E-state index is -3.64. The molecule has 2 rings (SSSR count). The number of hydrogen-bond donors (Lipinski definition) is 1. The zero-order valence-electron chi connectivity index (χ0n) is 12.0. The topological polar surface area (TPSA) is 72.5 Å². The highest BCUT2D eigenvalue weighted by molar-refractivity contribution is 7.89. The van der Waals surface area contributed by atoms with Crippen molar-refractivity contribution >= 4 is 15.9 Å². The second-order valence-corrected chi connectivity index (χ2v) is 6.50. The number of rotatable bonds is 5. The second kappa shape index (κ2) is 6.74. The molecule has 0 aliphatic heterocycles. The van der Waals surface area contributed by atoms with Gasteiger partial charge in [0.2, 0.25) is 10.0 Å². The summed E-state index contributed by atoms with van der Waals surface area (Å²) >= 11 is 0. The predicted molar refractivity (Wildman–Crippen MR) is 79.4 cm³/mol. The van der Waals surface area contributed by atoms with Crippen LogP contribution in [0.5, 0.6) is 5.75 Å². The number of carbonyl (C=O) groups excluding carboxylic acids is 1. The minimum Gasteiger partial charge on any atom is -0.489 e. The molecule has 1 N–H and O–H groups in total. The van der Waals surface area contributed by atoms with Gasteiger partial charge in [-0.25, -0.2) is 21.9 Å². The molecule has 0 unspecified atom stereocenters. The van der Waals surface area contributed by atoms with E-state index in [1.54, 1.807) is 0 Å². The van der Waals surface area contributed by atoms with E-state index in [-0.39, 0.29) is 17.7 Å². The van der Waals surface area contributed by atoms with Crippen LogP contribution in [-0.4, -0.2) is 20.6 Å². The van der Waals surface area contributed by atoms with Crippen LogP contribution in [0.1, 0.15) is 15.9 Å². The molecular weight excluding hydrogens is 328 g/mol. The van der Waals surface area contributed by atoms with Crippen LogP contribution in [-0.2, 0) is 16.6 Å². The van der Waals surface area contributed by atoms with E-state index in [0.29, 0.717) is 5.75 Å². The molecule has 122 valence electrons. The lowest BCUT2D eigenvalue weighted by Crippen LogP contribution is -2.29. The Labute approximate surface area is 132 Å². The van der Waals surface area contributed by atoms with Gasteiger partial charge in [-0.15, -0.1) is 0 Å². The average molecular weight is 341 g/mol. The quantitative estimate of drug-likeness (QED) is 0.905. The maximum atomic E-state index is 13.5. The van der Waals surface area contributed by atoms with Crippen molar-refractivity contribution < 1.29 is 26.7 Å². The summed E-state index contributed by atoms with van der Waals surface area (Å²) in [5.74, 6) is -1.80. The molecule has 1 amide bonds. The monoisotopic (exact) mass is 341 g/mol. The molecule has 2 aromatic carbocycles. The molecule has 0 saturated heterocycles. The standard InChI is InChI=1S/C15H13F2NO4S/c1-23(20,21)18-15(19)10-3-6-13(7-4-10)22-9-11-2-5-12(16)8-14(11)17/h2-8H,9H2,1H3,(H,18,19). The fourth-order valence-electron chi connectivity index (χ4n) is 1.73. The molecule has 0 atom stereocenters. The first-order valence-electron chi connectivity index (χ1n) is 6.43. The van der Waals surface area contributed by atoms with Crippen LogP contribution in [0.3, 0.4) is 0 Å². The molecule has 0 radical (unpaired) electrons. The van der Waals surface area contributed by atoms with E-state index in [1.165, 1.54) is 30.3 Å². The summed E-state index contributed by atoms with van der Waals surface area (Å²) < 4.78 is 55.4. The number of benzene rings is 2. The van der Waals surface area contributed by atoms with Gasteiger partial charge in [-0.2, -0.15) is 0 Å². The third-order valence-electron chi connectivity index (χ3n) is 2.80. The van der Waals surface area contributed by atoms with Gasteiger partial charge in [-0.1, -0.05) is 0 Å². The average Bonchev–Trinajstić information content (AvgIpc) is 2.45. The molecule has 0 bridgehead atoms. The van der Waals surface area contributed by atoms with E-state index in [1.807, 2.05) is 4.72 Å². The van der Waals surface area contributed by atoms with E-state index in [9.17, 15) is 22.0 Å². The molecule has 2 aromatic rings. The van der Waals surface area contributed by atoms with Gasteiger partial charge in [0, 0.05) is 17.2 Å². The SMILES string of the molecule is CS(=O)(=O)NC(=O)c1ccc(OCc2ccc(F)cc2F)cc1. The number of halogens is 2. The van der Waals surface area contributed by atoms with E-state index < -0.39 is 27.6 Å². The van der Waals surface area contributed by atoms with Crippen LogP contribution < -0.4 is 9.46 Å². The van der Waals surface area contributed by atoms with E-state index in [0.717, 1.165) is 18.4 Å². The van der Waals surface area contributed by atoms with Gasteiger partial charge >= 0.3 is 0 Å². The summed E-state index contributed by atoms with van der Waals surface area (Å²) in [7, 11) is -3.64. The highest BCUT2D eigenvalue weighted by Gasteiger charge is 2.11. The second-order valence-electron chi connectivity index (χ2n) is 4.75. The summed E-state index contributed by atoms with van der Waals surface area (Å²) in [6.07, 6.45) is 0.875. The van der Waals surface area contributed by atoms with Crippen molar-refractivity contribution in [2.24, 2.45) is 0 Å². The van der Waals surface area contributed by atoms with Crippen molar-refractivity contribution in [3.8, 4) is 5.75 Å². The Balaban J connectivity index is 2.01. The number of ether oxygens (including phenoxy) is 1. The number of carbonyl (C=O) groups is 1. The number of nitrogens with one attached hydrogen (secondary N) is 1. The van der Waals surface area contributed by atoms with Crippen LogP contribution in [0.2, 0.25) is 0 Å². The Morgan fingerprint density at radius 1 is 1.13 bits per heavy atom. The number of sulfonamides is 1. The van der Waals surface area contributed by atoms with Gasteiger partial charge in [0.15, 0.2) is 0 Å². The Kier molecular flexibility index (Phi) is 4.95. The molecule has 0 aliphatic carbocycles. The molecule has 0 spiro atoms. The summed E-state index contributed by atoms with van der Waals surface area (Å²) in [6, 6.07) is 8.79. The van der Waals surface area contributed by atoms with Gasteiger partial charge in [-0.05, 0) is 36.4 Å². The molecule has 5 nitrogen and oxygen atoms in total. The van der Waals surface area contributed by atoms with Gasteiger partial charge in [0.1, 0.15) is 24.0 Å². The smallest absolute Gasteiger partial charge is 0.264 e. The van der Waals surface area contributed by atoms with Crippen molar-refractivity contribution in [1.82, 2.24) is 4.72 Å². The number of hydrogen-bond acceptors (Lipinski definition) is 4. The van der Waals surface area contributed by atoms with Crippen molar-refractivity contribution in [3.05, 3.63) is 65.2 Å². The van der Waals surface area contributed by atoms with Crippen molar-refractivity contribution in [2.75, 3.05) is 6.26 Å². The largest absolute Gasteiger partial charge is 0.489 e. The fourth-order valence-corrected chi connectivity index (χ4v) is 2.18. The van der Waals surface area contributed by atoms with Crippen molar-refractivity contribution in [1.29, 1.82) is 0 Å². The summed E-state index contributed by atoms with van der Waals surface area (Å²) in [6.45, 7) is -0.110. The van der Waals surface area contributed by atoms with Gasteiger partial charge in [0.25, 0.3) is 5.91 Å². The molecule has 8 heteroatoms. The van der Waals surface area contributed by atoms with Crippen molar-refractivity contribution in [2.45, 2.75) is 6.61 Å². The summed E-state index contributed by atoms with van der Waals surface area (Å²) in [5, 5.41) is 0. The molecule has 0 aromatic heterocycles.